The highest BCUT2D eigenvalue weighted by molar-refractivity contribution is 7.09. The third-order valence-electron chi connectivity index (χ3n) is 3.56. The third-order valence-corrected chi connectivity index (χ3v) is 4.86. The molecule has 1 aliphatic heterocycles. The Labute approximate surface area is 138 Å². The van der Waals surface area contributed by atoms with Gasteiger partial charge in [-0.3, -0.25) is 4.90 Å². The molecule has 0 radical (unpaired) electrons. The highest BCUT2D eigenvalue weighted by atomic mass is 35.5. The van der Waals surface area contributed by atoms with E-state index in [0.717, 1.165) is 38.2 Å². The van der Waals surface area contributed by atoms with Crippen molar-refractivity contribution in [3.05, 3.63) is 44.8 Å². The van der Waals surface area contributed by atoms with E-state index in [1.54, 1.807) is 23.5 Å². The van der Waals surface area contributed by atoms with Gasteiger partial charge in [0.05, 0.1) is 11.6 Å². The number of hydrogen-bond acceptors (Lipinski definition) is 4. The van der Waals surface area contributed by atoms with Crippen molar-refractivity contribution in [3.8, 4) is 5.75 Å². The first-order chi connectivity index (χ1) is 10.2. The van der Waals surface area contributed by atoms with Gasteiger partial charge in [0.15, 0.2) is 0 Å². The molecule has 0 atom stereocenters. The summed E-state index contributed by atoms with van der Waals surface area (Å²) in [5.74, 6) is 0.722. The Hall–Kier alpha value is -0.810. The Bertz CT molecular complexity index is 583. The van der Waals surface area contributed by atoms with Gasteiger partial charge in [0, 0.05) is 29.7 Å². The lowest BCUT2D eigenvalue weighted by molar-refractivity contribution is 0.0968. The number of hydrogen-bond donors (Lipinski definition) is 0. The van der Waals surface area contributed by atoms with E-state index in [1.807, 2.05) is 17.6 Å². The van der Waals surface area contributed by atoms with E-state index in [0.29, 0.717) is 10.0 Å². The van der Waals surface area contributed by atoms with Crippen LogP contribution in [0.1, 0.15) is 17.8 Å². The van der Waals surface area contributed by atoms with E-state index in [2.05, 4.69) is 9.88 Å². The lowest BCUT2D eigenvalue weighted by Crippen LogP contribution is -2.37. The highest BCUT2D eigenvalue weighted by Crippen LogP contribution is 2.30. The average Bonchev–Trinajstić information content (AvgIpc) is 2.97. The Morgan fingerprint density at radius 1 is 1.29 bits per heavy atom. The van der Waals surface area contributed by atoms with Crippen LogP contribution in [0.3, 0.4) is 0 Å². The lowest BCUT2D eigenvalue weighted by atomic mass is 10.1. The van der Waals surface area contributed by atoms with Crippen LogP contribution in [-0.2, 0) is 6.54 Å². The third kappa shape index (κ3) is 4.10. The molecule has 1 aromatic heterocycles. The number of ether oxygens (including phenoxy) is 1. The van der Waals surface area contributed by atoms with Gasteiger partial charge in [-0.25, -0.2) is 4.98 Å². The molecule has 0 amide bonds. The molecule has 0 unspecified atom stereocenters. The number of rotatable bonds is 4. The van der Waals surface area contributed by atoms with Crippen molar-refractivity contribution in [1.29, 1.82) is 0 Å². The first kappa shape index (κ1) is 15.1. The molecule has 6 heteroatoms. The summed E-state index contributed by atoms with van der Waals surface area (Å²) in [6.45, 7) is 2.98. The van der Waals surface area contributed by atoms with Crippen molar-refractivity contribution in [2.45, 2.75) is 25.5 Å². The Balaban J connectivity index is 1.51. The van der Waals surface area contributed by atoms with E-state index in [-0.39, 0.29) is 6.10 Å². The summed E-state index contributed by atoms with van der Waals surface area (Å²) in [6, 6.07) is 5.36. The van der Waals surface area contributed by atoms with E-state index in [1.165, 1.54) is 5.01 Å². The summed E-state index contributed by atoms with van der Waals surface area (Å²) in [4.78, 5) is 6.75. The lowest BCUT2D eigenvalue weighted by Gasteiger charge is -2.31. The maximum atomic E-state index is 6.15. The van der Waals surface area contributed by atoms with E-state index in [4.69, 9.17) is 27.9 Å². The zero-order chi connectivity index (χ0) is 14.7. The SMILES string of the molecule is Clc1ccc(OC2CCN(Cc3nccs3)CC2)c(Cl)c1. The Morgan fingerprint density at radius 2 is 2.10 bits per heavy atom. The molecule has 0 saturated carbocycles. The second-order valence-electron chi connectivity index (χ2n) is 5.09. The molecule has 3 rings (SSSR count). The van der Waals surface area contributed by atoms with Crippen molar-refractivity contribution in [3.63, 3.8) is 0 Å². The molecule has 2 heterocycles. The fourth-order valence-corrected chi connectivity index (χ4v) is 3.57. The predicted molar refractivity (Wildman–Crippen MR) is 87.5 cm³/mol. The number of thiazole rings is 1. The van der Waals surface area contributed by atoms with E-state index >= 15 is 0 Å². The van der Waals surface area contributed by atoms with E-state index in [9.17, 15) is 0 Å². The molecule has 3 nitrogen and oxygen atoms in total. The van der Waals surface area contributed by atoms with Crippen LogP contribution in [0.25, 0.3) is 0 Å². The summed E-state index contributed by atoms with van der Waals surface area (Å²) in [7, 11) is 0. The second-order valence-corrected chi connectivity index (χ2v) is 6.92. The van der Waals surface area contributed by atoms with Crippen LogP contribution >= 0.6 is 34.5 Å². The molecule has 0 aliphatic carbocycles. The van der Waals surface area contributed by atoms with Gasteiger partial charge < -0.3 is 4.74 Å². The van der Waals surface area contributed by atoms with Gasteiger partial charge in [-0.05, 0) is 31.0 Å². The molecule has 1 aliphatic rings. The van der Waals surface area contributed by atoms with Crippen LogP contribution < -0.4 is 4.74 Å². The number of halogens is 2. The molecule has 2 aromatic rings. The zero-order valence-electron chi connectivity index (χ0n) is 11.5. The topological polar surface area (TPSA) is 25.4 Å². The quantitative estimate of drug-likeness (QED) is 0.818. The molecular weight excluding hydrogens is 327 g/mol. The summed E-state index contributed by atoms with van der Waals surface area (Å²) < 4.78 is 5.99. The van der Waals surface area contributed by atoms with Crippen molar-refractivity contribution < 1.29 is 4.74 Å². The van der Waals surface area contributed by atoms with Gasteiger partial charge >= 0.3 is 0 Å². The van der Waals surface area contributed by atoms with Crippen LogP contribution in [0.4, 0.5) is 0 Å². The first-order valence-electron chi connectivity index (χ1n) is 6.93. The van der Waals surface area contributed by atoms with Crippen molar-refractivity contribution in [1.82, 2.24) is 9.88 Å². The maximum absolute atomic E-state index is 6.15. The fraction of sp³-hybridized carbons (Fsp3) is 0.400. The summed E-state index contributed by atoms with van der Waals surface area (Å²) in [6.07, 6.45) is 4.09. The minimum atomic E-state index is 0.219. The molecule has 112 valence electrons. The van der Waals surface area contributed by atoms with Crippen LogP contribution in [0, 0.1) is 0 Å². The highest BCUT2D eigenvalue weighted by Gasteiger charge is 2.21. The average molecular weight is 343 g/mol. The van der Waals surface area contributed by atoms with Crippen molar-refractivity contribution in [2.75, 3.05) is 13.1 Å². The summed E-state index contributed by atoms with van der Waals surface area (Å²) in [5, 5.41) is 4.40. The molecule has 1 aromatic carbocycles. The molecule has 0 spiro atoms. The number of aromatic nitrogens is 1. The monoisotopic (exact) mass is 342 g/mol. The molecule has 0 N–H and O–H groups in total. The minimum absolute atomic E-state index is 0.219. The van der Waals surface area contributed by atoms with Crippen LogP contribution in [0.15, 0.2) is 29.8 Å². The van der Waals surface area contributed by atoms with Crippen molar-refractivity contribution in [2.24, 2.45) is 0 Å². The van der Waals surface area contributed by atoms with Gasteiger partial charge in [-0.15, -0.1) is 11.3 Å². The first-order valence-corrected chi connectivity index (χ1v) is 8.57. The maximum Gasteiger partial charge on any atom is 0.138 e. The standard InChI is InChI=1S/C15H16Cl2N2OS/c16-11-1-2-14(13(17)9-11)20-12-3-6-19(7-4-12)10-15-18-5-8-21-15/h1-2,5,8-9,12H,3-4,6-7,10H2. The second kappa shape index (κ2) is 6.97. The van der Waals surface area contributed by atoms with Crippen LogP contribution in [0.2, 0.25) is 10.0 Å². The van der Waals surface area contributed by atoms with Crippen molar-refractivity contribution >= 4 is 34.5 Å². The Kier molecular flexibility index (Phi) is 5.01. The smallest absolute Gasteiger partial charge is 0.138 e. The molecular formula is C15H16Cl2N2OS. The number of likely N-dealkylation sites (tertiary alicyclic amines) is 1. The van der Waals surface area contributed by atoms with Gasteiger partial charge in [0.2, 0.25) is 0 Å². The molecule has 1 fully saturated rings. The van der Waals surface area contributed by atoms with Gasteiger partial charge in [0.1, 0.15) is 16.9 Å². The number of benzene rings is 1. The zero-order valence-corrected chi connectivity index (χ0v) is 13.8. The summed E-state index contributed by atoms with van der Waals surface area (Å²) in [5.41, 5.74) is 0. The molecule has 0 bridgehead atoms. The summed E-state index contributed by atoms with van der Waals surface area (Å²) >= 11 is 13.7. The predicted octanol–water partition coefficient (Wildman–Crippen LogP) is 4.49. The van der Waals surface area contributed by atoms with Gasteiger partial charge in [-0.1, -0.05) is 23.2 Å². The molecule has 21 heavy (non-hydrogen) atoms. The van der Waals surface area contributed by atoms with E-state index < -0.39 is 0 Å². The minimum Gasteiger partial charge on any atom is -0.489 e. The fourth-order valence-electron chi connectivity index (χ4n) is 2.46. The van der Waals surface area contributed by atoms with Gasteiger partial charge in [0.25, 0.3) is 0 Å². The number of nitrogens with zero attached hydrogens (tertiary/aromatic N) is 2. The molecule has 1 saturated heterocycles. The Morgan fingerprint density at radius 3 is 2.76 bits per heavy atom. The normalized spacial score (nSPS) is 17.0. The number of piperidine rings is 1. The van der Waals surface area contributed by atoms with Gasteiger partial charge in [-0.2, -0.15) is 0 Å². The largest absolute Gasteiger partial charge is 0.489 e. The van der Waals surface area contributed by atoms with Crippen LogP contribution in [0.5, 0.6) is 5.75 Å². The van der Waals surface area contributed by atoms with Crippen LogP contribution in [-0.4, -0.2) is 29.1 Å².